The van der Waals surface area contributed by atoms with Crippen molar-refractivity contribution in [3.05, 3.63) is 58.3 Å². The Morgan fingerprint density at radius 3 is 2.38 bits per heavy atom. The number of piperidine rings is 1. The highest BCUT2D eigenvalue weighted by Crippen LogP contribution is 2.21. The van der Waals surface area contributed by atoms with Gasteiger partial charge in [-0.1, -0.05) is 12.5 Å². The number of carbonyl (C=O) groups excluding carboxylic acids is 1. The highest BCUT2D eigenvalue weighted by molar-refractivity contribution is 7.89. The van der Waals surface area contributed by atoms with Crippen LogP contribution in [0, 0.1) is 0 Å². The van der Waals surface area contributed by atoms with Gasteiger partial charge in [0.1, 0.15) is 0 Å². The van der Waals surface area contributed by atoms with Crippen LogP contribution in [0.3, 0.4) is 0 Å². The van der Waals surface area contributed by atoms with E-state index in [-0.39, 0.29) is 10.7 Å². The van der Waals surface area contributed by atoms with Crippen molar-refractivity contribution in [3.8, 4) is 0 Å². The second-order valence-corrected chi connectivity index (χ2v) is 8.46. The van der Waals surface area contributed by atoms with Crippen LogP contribution in [-0.2, 0) is 10.0 Å². The van der Waals surface area contributed by atoms with Crippen molar-refractivity contribution in [2.24, 2.45) is 0 Å². The molecule has 1 aliphatic rings. The van der Waals surface area contributed by atoms with E-state index < -0.39 is 10.0 Å². The fourth-order valence-electron chi connectivity index (χ4n) is 2.68. The lowest BCUT2D eigenvalue weighted by Crippen LogP contribution is -2.35. The lowest BCUT2D eigenvalue weighted by atomic mass is 10.1. The first-order chi connectivity index (χ1) is 11.6. The number of sulfonamides is 1. The molecule has 126 valence electrons. The second kappa shape index (κ2) is 7.42. The molecule has 2 heterocycles. The third-order valence-electron chi connectivity index (χ3n) is 4.06. The minimum Gasteiger partial charge on any atom is -0.289 e. The van der Waals surface area contributed by atoms with E-state index in [1.165, 1.54) is 22.5 Å². The first kappa shape index (κ1) is 17.1. The second-order valence-electron chi connectivity index (χ2n) is 5.74. The Balaban J connectivity index is 1.74. The lowest BCUT2D eigenvalue weighted by Gasteiger charge is -2.25. The summed E-state index contributed by atoms with van der Waals surface area (Å²) >= 11 is 1.57. The van der Waals surface area contributed by atoms with Gasteiger partial charge < -0.3 is 0 Å². The molecule has 0 saturated carbocycles. The van der Waals surface area contributed by atoms with Crippen molar-refractivity contribution in [2.45, 2.75) is 24.2 Å². The predicted octanol–water partition coefficient (Wildman–Crippen LogP) is 3.82. The summed E-state index contributed by atoms with van der Waals surface area (Å²) in [6.07, 6.45) is 6.16. The van der Waals surface area contributed by atoms with Crippen LogP contribution in [0.4, 0.5) is 0 Å². The van der Waals surface area contributed by atoms with E-state index >= 15 is 0 Å². The van der Waals surface area contributed by atoms with Crippen LogP contribution in [0.5, 0.6) is 0 Å². The lowest BCUT2D eigenvalue weighted by molar-refractivity contribution is 0.104. The summed E-state index contributed by atoms with van der Waals surface area (Å²) in [5.41, 5.74) is 1.47. The molecule has 1 saturated heterocycles. The van der Waals surface area contributed by atoms with Crippen molar-refractivity contribution in [1.82, 2.24) is 4.31 Å². The molecule has 3 rings (SSSR count). The van der Waals surface area contributed by atoms with Gasteiger partial charge in [-0.25, -0.2) is 8.42 Å². The van der Waals surface area contributed by atoms with Crippen LogP contribution >= 0.6 is 11.3 Å². The summed E-state index contributed by atoms with van der Waals surface area (Å²) in [5, 5.41) is 3.91. The number of thiophene rings is 1. The molecular formula is C18H19NO3S2. The van der Waals surface area contributed by atoms with E-state index in [0.29, 0.717) is 18.7 Å². The molecule has 0 radical (unpaired) electrons. The molecule has 1 fully saturated rings. The topological polar surface area (TPSA) is 54.5 Å². The molecule has 0 amide bonds. The summed E-state index contributed by atoms with van der Waals surface area (Å²) in [6.45, 7) is 1.15. The molecule has 0 atom stereocenters. The summed E-state index contributed by atoms with van der Waals surface area (Å²) in [6, 6.07) is 8.14. The van der Waals surface area contributed by atoms with Gasteiger partial charge in [-0.2, -0.15) is 15.6 Å². The molecule has 2 aromatic rings. The number of ketones is 1. The van der Waals surface area contributed by atoms with E-state index in [1.807, 2.05) is 16.8 Å². The maximum Gasteiger partial charge on any atom is 0.243 e. The van der Waals surface area contributed by atoms with Gasteiger partial charge in [0, 0.05) is 18.7 Å². The Labute approximate surface area is 146 Å². The zero-order chi connectivity index (χ0) is 17.0. The zero-order valence-corrected chi connectivity index (χ0v) is 14.9. The molecular weight excluding hydrogens is 342 g/mol. The van der Waals surface area contributed by atoms with Crippen molar-refractivity contribution >= 4 is 33.2 Å². The van der Waals surface area contributed by atoms with Crippen molar-refractivity contribution in [2.75, 3.05) is 13.1 Å². The predicted molar refractivity (Wildman–Crippen MR) is 96.7 cm³/mol. The Hall–Kier alpha value is -1.76. The third kappa shape index (κ3) is 3.83. The fourth-order valence-corrected chi connectivity index (χ4v) is 4.83. The molecule has 1 aromatic carbocycles. The molecule has 6 heteroatoms. The van der Waals surface area contributed by atoms with E-state index in [9.17, 15) is 13.2 Å². The number of hydrogen-bond acceptors (Lipinski definition) is 4. The fraction of sp³-hybridized carbons (Fsp3) is 0.278. The highest BCUT2D eigenvalue weighted by Gasteiger charge is 2.25. The number of rotatable bonds is 5. The number of benzene rings is 1. The van der Waals surface area contributed by atoms with Crippen LogP contribution in [-0.4, -0.2) is 31.6 Å². The largest absolute Gasteiger partial charge is 0.289 e. The molecule has 24 heavy (non-hydrogen) atoms. The number of allylic oxidation sites excluding steroid dienone is 1. The minimum atomic E-state index is -3.45. The van der Waals surface area contributed by atoms with Gasteiger partial charge in [0.15, 0.2) is 5.78 Å². The summed E-state index contributed by atoms with van der Waals surface area (Å²) < 4.78 is 26.7. The van der Waals surface area contributed by atoms with Gasteiger partial charge >= 0.3 is 0 Å². The average molecular weight is 361 g/mol. The summed E-state index contributed by atoms with van der Waals surface area (Å²) in [7, 11) is -3.45. The molecule has 0 bridgehead atoms. The number of nitrogens with zero attached hydrogens (tertiary/aromatic N) is 1. The van der Waals surface area contributed by atoms with Crippen LogP contribution in [0.1, 0.15) is 35.2 Å². The third-order valence-corrected chi connectivity index (χ3v) is 6.68. The number of carbonyl (C=O) groups is 1. The smallest absolute Gasteiger partial charge is 0.243 e. The van der Waals surface area contributed by atoms with Crippen molar-refractivity contribution < 1.29 is 13.2 Å². The van der Waals surface area contributed by atoms with Gasteiger partial charge in [-0.3, -0.25) is 4.79 Å². The quantitative estimate of drug-likeness (QED) is 0.601. The maximum absolute atomic E-state index is 12.6. The van der Waals surface area contributed by atoms with E-state index in [4.69, 9.17) is 0 Å². The van der Waals surface area contributed by atoms with E-state index in [1.54, 1.807) is 29.5 Å². The van der Waals surface area contributed by atoms with Gasteiger partial charge in [-0.15, -0.1) is 0 Å². The Kier molecular flexibility index (Phi) is 5.28. The SMILES string of the molecule is O=C(/C=C/c1ccsc1)c1ccc(S(=O)(=O)N2CCCCC2)cc1. The molecule has 0 spiro atoms. The van der Waals surface area contributed by atoms with Crippen LogP contribution in [0.25, 0.3) is 6.08 Å². The van der Waals surface area contributed by atoms with Crippen molar-refractivity contribution in [3.63, 3.8) is 0 Å². The molecule has 0 aliphatic carbocycles. The van der Waals surface area contributed by atoms with Gasteiger partial charge in [-0.05, 0) is 65.6 Å². The minimum absolute atomic E-state index is 0.136. The Bertz CT molecular complexity index is 816. The van der Waals surface area contributed by atoms with Gasteiger partial charge in [0.2, 0.25) is 10.0 Å². The monoisotopic (exact) mass is 361 g/mol. The average Bonchev–Trinajstić information content (AvgIpc) is 3.14. The maximum atomic E-state index is 12.6. The zero-order valence-electron chi connectivity index (χ0n) is 13.2. The highest BCUT2D eigenvalue weighted by atomic mass is 32.2. The van der Waals surface area contributed by atoms with Crippen LogP contribution in [0.2, 0.25) is 0 Å². The Morgan fingerprint density at radius 1 is 1.04 bits per heavy atom. The van der Waals surface area contributed by atoms with Crippen LogP contribution in [0.15, 0.2) is 52.1 Å². The normalized spacial score (nSPS) is 16.5. The standard InChI is InChI=1S/C18H19NO3S2/c20-18(9-4-15-10-13-23-14-15)16-5-7-17(8-6-16)24(21,22)19-11-2-1-3-12-19/h4-10,13-14H,1-3,11-12H2/b9-4+. The van der Waals surface area contributed by atoms with Gasteiger partial charge in [0.25, 0.3) is 0 Å². The number of hydrogen-bond donors (Lipinski definition) is 0. The summed E-state index contributed by atoms with van der Waals surface area (Å²) in [4.78, 5) is 12.4. The molecule has 4 nitrogen and oxygen atoms in total. The molecule has 1 aliphatic heterocycles. The Morgan fingerprint density at radius 2 is 1.75 bits per heavy atom. The molecule has 1 aromatic heterocycles. The molecule has 0 N–H and O–H groups in total. The first-order valence-electron chi connectivity index (χ1n) is 7.92. The van der Waals surface area contributed by atoms with E-state index in [2.05, 4.69) is 0 Å². The molecule has 0 unspecified atom stereocenters. The van der Waals surface area contributed by atoms with Gasteiger partial charge in [0.05, 0.1) is 4.90 Å². The van der Waals surface area contributed by atoms with Crippen LogP contribution < -0.4 is 0 Å². The van der Waals surface area contributed by atoms with E-state index in [0.717, 1.165) is 24.8 Å². The summed E-state index contributed by atoms with van der Waals surface area (Å²) in [5.74, 6) is -0.136. The van der Waals surface area contributed by atoms with Crippen molar-refractivity contribution in [1.29, 1.82) is 0 Å². The first-order valence-corrected chi connectivity index (χ1v) is 10.3.